The highest BCUT2D eigenvalue weighted by molar-refractivity contribution is 5.85. The zero-order valence-corrected chi connectivity index (χ0v) is 15.3. The molecule has 1 aliphatic rings. The molecule has 3 aromatic rings. The van der Waals surface area contributed by atoms with Gasteiger partial charge in [0.15, 0.2) is 0 Å². The molecule has 1 aromatic heterocycles. The first-order valence-corrected chi connectivity index (χ1v) is 9.33. The zero-order chi connectivity index (χ0) is 18.1. The number of benzene rings is 2. The Labute approximate surface area is 153 Å². The van der Waals surface area contributed by atoms with Crippen LogP contribution in [-0.4, -0.2) is 18.1 Å². The highest BCUT2D eigenvalue weighted by Gasteiger charge is 2.25. The van der Waals surface area contributed by atoms with Crippen LogP contribution in [0.25, 0.3) is 10.9 Å². The highest BCUT2D eigenvalue weighted by Crippen LogP contribution is 2.35. The number of hydrogen-bond acceptors (Lipinski definition) is 2. The first-order chi connectivity index (χ1) is 12.6. The molecule has 0 aliphatic heterocycles. The molecule has 4 heteroatoms. The fraction of sp³-hybridized carbons (Fsp3) is 0.364. The van der Waals surface area contributed by atoms with E-state index < -0.39 is 0 Å². The van der Waals surface area contributed by atoms with Crippen molar-refractivity contribution < 1.29 is 9.13 Å². The summed E-state index contributed by atoms with van der Waals surface area (Å²) >= 11 is 0. The summed E-state index contributed by atoms with van der Waals surface area (Å²) in [6.45, 7) is 2.22. The van der Waals surface area contributed by atoms with Crippen molar-refractivity contribution in [1.29, 1.82) is 0 Å². The van der Waals surface area contributed by atoms with Crippen molar-refractivity contribution in [2.24, 2.45) is 0 Å². The van der Waals surface area contributed by atoms with E-state index in [9.17, 15) is 4.39 Å². The Morgan fingerprint density at radius 1 is 1.23 bits per heavy atom. The maximum atomic E-state index is 13.6. The molecule has 0 radical (unpaired) electrons. The van der Waals surface area contributed by atoms with Gasteiger partial charge in [-0.1, -0.05) is 12.1 Å². The number of methoxy groups -OCH3 is 1. The van der Waals surface area contributed by atoms with Crippen LogP contribution in [0, 0.1) is 5.82 Å². The summed E-state index contributed by atoms with van der Waals surface area (Å²) < 4.78 is 18.9. The van der Waals surface area contributed by atoms with Crippen molar-refractivity contribution in [1.82, 2.24) is 10.3 Å². The number of halogens is 1. The molecule has 0 bridgehead atoms. The molecule has 1 heterocycles. The smallest absolute Gasteiger partial charge is 0.123 e. The Hall–Kier alpha value is -2.33. The molecule has 136 valence electrons. The van der Waals surface area contributed by atoms with Gasteiger partial charge in [-0.05, 0) is 74.1 Å². The lowest BCUT2D eigenvalue weighted by atomic mass is 9.91. The van der Waals surface area contributed by atoms with Gasteiger partial charge < -0.3 is 15.0 Å². The zero-order valence-electron chi connectivity index (χ0n) is 15.3. The van der Waals surface area contributed by atoms with Crippen molar-refractivity contribution in [3.63, 3.8) is 0 Å². The van der Waals surface area contributed by atoms with E-state index in [1.807, 2.05) is 18.2 Å². The molecule has 0 saturated heterocycles. The summed E-state index contributed by atoms with van der Waals surface area (Å²) in [5.74, 6) is 0.721. The van der Waals surface area contributed by atoms with Crippen LogP contribution < -0.4 is 10.1 Å². The summed E-state index contributed by atoms with van der Waals surface area (Å²) in [5.41, 5.74) is 4.84. The van der Waals surface area contributed by atoms with Gasteiger partial charge in [-0.3, -0.25) is 0 Å². The van der Waals surface area contributed by atoms with Gasteiger partial charge in [0.1, 0.15) is 11.6 Å². The number of aromatic nitrogens is 1. The van der Waals surface area contributed by atoms with Crippen LogP contribution in [0.4, 0.5) is 4.39 Å². The summed E-state index contributed by atoms with van der Waals surface area (Å²) in [6, 6.07) is 13.9. The van der Waals surface area contributed by atoms with Gasteiger partial charge >= 0.3 is 0 Å². The molecule has 26 heavy (non-hydrogen) atoms. The Kier molecular flexibility index (Phi) is 4.68. The van der Waals surface area contributed by atoms with E-state index in [0.29, 0.717) is 12.1 Å². The molecular weight excluding hydrogens is 327 g/mol. The fourth-order valence-electron chi connectivity index (χ4n) is 4.12. The van der Waals surface area contributed by atoms with E-state index in [1.165, 1.54) is 22.9 Å². The van der Waals surface area contributed by atoms with Gasteiger partial charge in [-0.15, -0.1) is 0 Å². The number of fused-ring (bicyclic) bond motifs is 3. The molecule has 0 saturated carbocycles. The van der Waals surface area contributed by atoms with Crippen LogP contribution in [0.5, 0.6) is 5.75 Å². The second kappa shape index (κ2) is 7.12. The minimum atomic E-state index is -0.165. The second-order valence-corrected chi connectivity index (χ2v) is 7.27. The van der Waals surface area contributed by atoms with Gasteiger partial charge in [0, 0.05) is 28.7 Å². The predicted octanol–water partition coefficient (Wildman–Crippen LogP) is 4.91. The van der Waals surface area contributed by atoms with Gasteiger partial charge in [-0.25, -0.2) is 4.39 Å². The van der Waals surface area contributed by atoms with Crippen LogP contribution >= 0.6 is 0 Å². The number of aromatic amines is 1. The molecule has 2 atom stereocenters. The largest absolute Gasteiger partial charge is 0.497 e. The lowest BCUT2D eigenvalue weighted by Gasteiger charge is -2.27. The van der Waals surface area contributed by atoms with E-state index >= 15 is 0 Å². The fourth-order valence-corrected chi connectivity index (χ4v) is 4.12. The number of ether oxygens (including phenoxy) is 1. The van der Waals surface area contributed by atoms with Crippen LogP contribution in [0.3, 0.4) is 0 Å². The van der Waals surface area contributed by atoms with E-state index in [2.05, 4.69) is 29.4 Å². The average molecular weight is 352 g/mol. The van der Waals surface area contributed by atoms with Crippen molar-refractivity contribution >= 4 is 10.9 Å². The lowest BCUT2D eigenvalue weighted by Crippen LogP contribution is -2.34. The number of rotatable bonds is 5. The second-order valence-electron chi connectivity index (χ2n) is 7.27. The predicted molar refractivity (Wildman–Crippen MR) is 103 cm³/mol. The molecule has 3 nitrogen and oxygen atoms in total. The van der Waals surface area contributed by atoms with Gasteiger partial charge in [0.2, 0.25) is 0 Å². The molecule has 0 spiro atoms. The quantitative estimate of drug-likeness (QED) is 0.684. The monoisotopic (exact) mass is 352 g/mol. The van der Waals surface area contributed by atoms with E-state index in [0.717, 1.165) is 42.3 Å². The summed E-state index contributed by atoms with van der Waals surface area (Å²) in [5, 5.41) is 4.81. The average Bonchev–Trinajstić information content (AvgIpc) is 3.01. The molecule has 2 N–H and O–H groups in total. The van der Waals surface area contributed by atoms with E-state index in [1.54, 1.807) is 13.2 Å². The Bertz CT molecular complexity index is 900. The van der Waals surface area contributed by atoms with Crippen molar-refractivity contribution in [3.8, 4) is 5.75 Å². The summed E-state index contributed by atoms with van der Waals surface area (Å²) in [6.07, 6.45) is 4.22. The first kappa shape index (κ1) is 17.1. The van der Waals surface area contributed by atoms with E-state index in [-0.39, 0.29) is 5.82 Å². The lowest BCUT2D eigenvalue weighted by molar-refractivity contribution is 0.401. The van der Waals surface area contributed by atoms with Gasteiger partial charge in [-0.2, -0.15) is 0 Å². The molecule has 2 unspecified atom stereocenters. The Balaban J connectivity index is 1.51. The minimum Gasteiger partial charge on any atom is -0.497 e. The van der Waals surface area contributed by atoms with Crippen LogP contribution in [-0.2, 0) is 12.8 Å². The molecule has 1 aliphatic carbocycles. The van der Waals surface area contributed by atoms with Crippen molar-refractivity contribution in [3.05, 3.63) is 65.1 Å². The molecule has 0 fully saturated rings. The van der Waals surface area contributed by atoms with Gasteiger partial charge in [0.25, 0.3) is 0 Å². The molecule has 4 rings (SSSR count). The third-order valence-corrected chi connectivity index (χ3v) is 5.36. The number of hydrogen-bond donors (Lipinski definition) is 2. The van der Waals surface area contributed by atoms with Gasteiger partial charge in [0.05, 0.1) is 7.11 Å². The summed E-state index contributed by atoms with van der Waals surface area (Å²) in [7, 11) is 1.69. The topological polar surface area (TPSA) is 37.0 Å². The van der Waals surface area contributed by atoms with Crippen molar-refractivity contribution in [2.45, 2.75) is 44.7 Å². The Morgan fingerprint density at radius 2 is 2.04 bits per heavy atom. The standard InChI is InChI=1S/C22H25FN2O/c1-14(12-15-6-9-17(26-2)10-7-15)24-21-5-3-4-18-19-13-16(23)8-11-20(19)25-22(18)21/h6-11,13-14,21,24-25H,3-5,12H2,1-2H3. The number of H-pyrrole nitrogens is 1. The normalized spacial score (nSPS) is 17.9. The first-order valence-electron chi connectivity index (χ1n) is 9.33. The minimum absolute atomic E-state index is 0.165. The molecule has 0 amide bonds. The van der Waals surface area contributed by atoms with Crippen LogP contribution in [0.15, 0.2) is 42.5 Å². The maximum absolute atomic E-state index is 13.6. The SMILES string of the molecule is COc1ccc(CC(C)NC2CCCc3c2[nH]c2ccc(F)cc32)cc1. The number of nitrogens with one attached hydrogen (secondary N) is 2. The third kappa shape index (κ3) is 3.34. The van der Waals surface area contributed by atoms with Crippen LogP contribution in [0.1, 0.15) is 42.6 Å². The highest BCUT2D eigenvalue weighted by atomic mass is 19.1. The molecular formula is C22H25FN2O. The molecule has 2 aromatic carbocycles. The van der Waals surface area contributed by atoms with Crippen molar-refractivity contribution in [2.75, 3.05) is 7.11 Å². The third-order valence-electron chi connectivity index (χ3n) is 5.36. The van der Waals surface area contributed by atoms with Crippen LogP contribution in [0.2, 0.25) is 0 Å². The summed E-state index contributed by atoms with van der Waals surface area (Å²) in [4.78, 5) is 3.53. The Morgan fingerprint density at radius 3 is 2.81 bits per heavy atom. The maximum Gasteiger partial charge on any atom is 0.123 e. The van der Waals surface area contributed by atoms with E-state index in [4.69, 9.17) is 4.74 Å². The number of aryl methyl sites for hydroxylation is 1.